The lowest BCUT2D eigenvalue weighted by Gasteiger charge is -2.23. The summed E-state index contributed by atoms with van der Waals surface area (Å²) in [5.41, 5.74) is 6.72. The van der Waals surface area contributed by atoms with Gasteiger partial charge in [0.1, 0.15) is 0 Å². The fourth-order valence-electron chi connectivity index (χ4n) is 4.46. The zero-order valence-corrected chi connectivity index (χ0v) is 15.6. The molecule has 4 nitrogen and oxygen atoms in total. The van der Waals surface area contributed by atoms with Gasteiger partial charge in [0.25, 0.3) is 0 Å². The number of hydrogen-bond acceptors (Lipinski definition) is 3. The molecule has 1 fully saturated rings. The molecule has 27 heavy (non-hydrogen) atoms. The molecule has 1 aromatic heterocycles. The molecule has 0 aliphatic carbocycles. The lowest BCUT2D eigenvalue weighted by Crippen LogP contribution is -2.29. The summed E-state index contributed by atoms with van der Waals surface area (Å²) in [6.07, 6.45) is 4.52. The van der Waals surface area contributed by atoms with Gasteiger partial charge < -0.3 is 5.32 Å². The third-order valence-electron chi connectivity index (χ3n) is 5.84. The SMILES string of the molecule is c1ccc2c(c1)CN(Cc1ccn(C3CCNCC3)n1)Cc1ccccc1-2. The van der Waals surface area contributed by atoms with Crippen molar-refractivity contribution < 1.29 is 0 Å². The highest BCUT2D eigenvalue weighted by Crippen LogP contribution is 2.32. The Labute approximate surface area is 160 Å². The third-order valence-corrected chi connectivity index (χ3v) is 5.84. The van der Waals surface area contributed by atoms with Gasteiger partial charge in [0, 0.05) is 25.8 Å². The molecule has 138 valence electrons. The van der Waals surface area contributed by atoms with E-state index in [9.17, 15) is 0 Å². The first kappa shape index (κ1) is 16.7. The molecule has 2 aliphatic rings. The van der Waals surface area contributed by atoms with Crippen molar-refractivity contribution in [1.82, 2.24) is 20.0 Å². The Morgan fingerprint density at radius 2 is 1.48 bits per heavy atom. The predicted molar refractivity (Wildman–Crippen MR) is 108 cm³/mol. The molecule has 3 heterocycles. The van der Waals surface area contributed by atoms with Gasteiger partial charge in [-0.2, -0.15) is 5.10 Å². The summed E-state index contributed by atoms with van der Waals surface area (Å²) < 4.78 is 2.19. The van der Waals surface area contributed by atoms with E-state index in [0.717, 1.165) is 32.7 Å². The summed E-state index contributed by atoms with van der Waals surface area (Å²) in [7, 11) is 0. The molecule has 1 saturated heterocycles. The van der Waals surface area contributed by atoms with E-state index >= 15 is 0 Å². The van der Waals surface area contributed by atoms with Crippen LogP contribution in [-0.2, 0) is 19.6 Å². The molecule has 4 heteroatoms. The van der Waals surface area contributed by atoms with Gasteiger partial charge in [0.05, 0.1) is 11.7 Å². The molecule has 0 unspecified atom stereocenters. The predicted octanol–water partition coefficient (Wildman–Crippen LogP) is 3.99. The van der Waals surface area contributed by atoms with E-state index in [1.165, 1.54) is 40.8 Å². The Morgan fingerprint density at radius 1 is 0.852 bits per heavy atom. The van der Waals surface area contributed by atoms with E-state index in [2.05, 4.69) is 75.7 Å². The first-order valence-corrected chi connectivity index (χ1v) is 10.00. The Morgan fingerprint density at radius 3 is 2.15 bits per heavy atom. The van der Waals surface area contributed by atoms with Gasteiger partial charge in [-0.05, 0) is 54.3 Å². The largest absolute Gasteiger partial charge is 0.317 e. The van der Waals surface area contributed by atoms with Crippen molar-refractivity contribution in [3.8, 4) is 11.1 Å². The Bertz CT molecular complexity index is 876. The van der Waals surface area contributed by atoms with Crippen molar-refractivity contribution in [2.45, 2.75) is 38.5 Å². The molecule has 1 N–H and O–H groups in total. The van der Waals surface area contributed by atoms with Gasteiger partial charge in [-0.15, -0.1) is 0 Å². The number of rotatable bonds is 3. The topological polar surface area (TPSA) is 33.1 Å². The maximum Gasteiger partial charge on any atom is 0.0765 e. The van der Waals surface area contributed by atoms with Gasteiger partial charge in [-0.3, -0.25) is 9.58 Å². The molecular formula is C23H26N4. The van der Waals surface area contributed by atoms with Crippen molar-refractivity contribution in [2.75, 3.05) is 13.1 Å². The van der Waals surface area contributed by atoms with Crippen LogP contribution in [-0.4, -0.2) is 27.8 Å². The molecule has 0 saturated carbocycles. The number of aromatic nitrogens is 2. The molecule has 2 aromatic carbocycles. The lowest BCUT2D eigenvalue weighted by molar-refractivity contribution is 0.245. The normalized spacial score (nSPS) is 17.9. The number of piperidine rings is 1. The first-order valence-electron chi connectivity index (χ1n) is 10.00. The molecule has 0 amide bonds. The molecule has 0 bridgehead atoms. The van der Waals surface area contributed by atoms with Crippen molar-refractivity contribution in [1.29, 1.82) is 0 Å². The highest BCUT2D eigenvalue weighted by atomic mass is 15.3. The second kappa shape index (κ2) is 7.29. The van der Waals surface area contributed by atoms with E-state index < -0.39 is 0 Å². The number of benzene rings is 2. The third kappa shape index (κ3) is 3.43. The molecule has 5 rings (SSSR count). The highest BCUT2D eigenvalue weighted by molar-refractivity contribution is 5.71. The summed E-state index contributed by atoms with van der Waals surface area (Å²) in [5, 5.41) is 8.35. The van der Waals surface area contributed by atoms with Gasteiger partial charge in [0.15, 0.2) is 0 Å². The maximum absolute atomic E-state index is 4.92. The Kier molecular flexibility index (Phi) is 4.52. The summed E-state index contributed by atoms with van der Waals surface area (Å²) in [6, 6.07) is 20.4. The van der Waals surface area contributed by atoms with E-state index in [0.29, 0.717) is 6.04 Å². The number of hydrogen-bond donors (Lipinski definition) is 1. The molecule has 0 atom stereocenters. The summed E-state index contributed by atoms with van der Waals surface area (Å²) in [5.74, 6) is 0. The van der Waals surface area contributed by atoms with Crippen LogP contribution in [0.25, 0.3) is 11.1 Å². The van der Waals surface area contributed by atoms with Crippen LogP contribution in [0, 0.1) is 0 Å². The smallest absolute Gasteiger partial charge is 0.0765 e. The average Bonchev–Trinajstić information content (AvgIpc) is 3.11. The van der Waals surface area contributed by atoms with Crippen LogP contribution < -0.4 is 5.32 Å². The minimum atomic E-state index is 0.547. The standard InChI is InChI=1S/C23H26N4/c1-3-7-22-18(5-1)15-26(16-19-6-2-4-8-23(19)22)17-20-11-14-27(25-20)21-9-12-24-13-10-21/h1-8,11,14,21,24H,9-10,12-13,15-17H2. The quantitative estimate of drug-likeness (QED) is 0.768. The van der Waals surface area contributed by atoms with Gasteiger partial charge in [-0.1, -0.05) is 48.5 Å². The summed E-state index contributed by atoms with van der Waals surface area (Å²) in [4.78, 5) is 2.51. The number of fused-ring (bicyclic) bond motifs is 3. The molecule has 2 aliphatic heterocycles. The Balaban J connectivity index is 1.40. The number of nitrogens with one attached hydrogen (secondary N) is 1. The average molecular weight is 358 g/mol. The molecular weight excluding hydrogens is 332 g/mol. The van der Waals surface area contributed by atoms with Crippen LogP contribution in [0.5, 0.6) is 0 Å². The van der Waals surface area contributed by atoms with Crippen molar-refractivity contribution in [3.05, 3.63) is 77.6 Å². The van der Waals surface area contributed by atoms with Crippen LogP contribution in [0.2, 0.25) is 0 Å². The van der Waals surface area contributed by atoms with Crippen LogP contribution in [0.4, 0.5) is 0 Å². The molecule has 3 aromatic rings. The zero-order valence-electron chi connectivity index (χ0n) is 15.6. The van der Waals surface area contributed by atoms with Gasteiger partial charge in [0.2, 0.25) is 0 Å². The van der Waals surface area contributed by atoms with E-state index in [1.54, 1.807) is 0 Å². The van der Waals surface area contributed by atoms with Gasteiger partial charge in [-0.25, -0.2) is 0 Å². The minimum Gasteiger partial charge on any atom is -0.317 e. The second-order valence-electron chi connectivity index (χ2n) is 7.73. The highest BCUT2D eigenvalue weighted by Gasteiger charge is 2.20. The lowest BCUT2D eigenvalue weighted by atomic mass is 9.97. The van der Waals surface area contributed by atoms with E-state index in [4.69, 9.17) is 5.10 Å². The minimum absolute atomic E-state index is 0.547. The molecule has 0 radical (unpaired) electrons. The Hall–Kier alpha value is -2.43. The van der Waals surface area contributed by atoms with Gasteiger partial charge >= 0.3 is 0 Å². The first-order chi connectivity index (χ1) is 13.4. The summed E-state index contributed by atoms with van der Waals surface area (Å²) >= 11 is 0. The fourth-order valence-corrected chi connectivity index (χ4v) is 4.46. The second-order valence-corrected chi connectivity index (χ2v) is 7.73. The zero-order chi connectivity index (χ0) is 18.1. The van der Waals surface area contributed by atoms with E-state index in [-0.39, 0.29) is 0 Å². The van der Waals surface area contributed by atoms with Crippen molar-refractivity contribution in [3.63, 3.8) is 0 Å². The van der Waals surface area contributed by atoms with Crippen LogP contribution in [0.1, 0.15) is 35.7 Å². The van der Waals surface area contributed by atoms with Crippen LogP contribution in [0.3, 0.4) is 0 Å². The van der Waals surface area contributed by atoms with Crippen molar-refractivity contribution in [2.24, 2.45) is 0 Å². The van der Waals surface area contributed by atoms with Crippen LogP contribution >= 0.6 is 0 Å². The fraction of sp³-hybridized carbons (Fsp3) is 0.348. The van der Waals surface area contributed by atoms with Crippen LogP contribution in [0.15, 0.2) is 60.8 Å². The van der Waals surface area contributed by atoms with E-state index in [1.807, 2.05) is 0 Å². The monoisotopic (exact) mass is 358 g/mol. The molecule has 0 spiro atoms. The van der Waals surface area contributed by atoms with Crippen molar-refractivity contribution >= 4 is 0 Å². The maximum atomic E-state index is 4.92. The number of nitrogens with zero attached hydrogens (tertiary/aromatic N) is 3. The summed E-state index contributed by atoms with van der Waals surface area (Å²) in [6.45, 7) is 5.01.